The Morgan fingerprint density at radius 1 is 1.57 bits per heavy atom. The van der Waals surface area contributed by atoms with Gasteiger partial charge in [0.05, 0.1) is 11.3 Å². The van der Waals surface area contributed by atoms with E-state index in [9.17, 15) is 9.00 Å². The minimum Gasteiger partial charge on any atom is -0.337 e. The highest BCUT2D eigenvalue weighted by Crippen LogP contribution is 2.16. The van der Waals surface area contributed by atoms with E-state index in [-0.39, 0.29) is 17.2 Å². The van der Waals surface area contributed by atoms with E-state index in [0.717, 1.165) is 0 Å². The zero-order chi connectivity index (χ0) is 10.9. The Labute approximate surface area is 87.3 Å². The first-order chi connectivity index (χ1) is 6.45. The lowest BCUT2D eigenvalue weighted by atomic mass is 10.2. The Morgan fingerprint density at radius 3 is 2.64 bits per heavy atom. The second kappa shape index (κ2) is 4.40. The highest BCUT2D eigenvalue weighted by Gasteiger charge is 2.33. The maximum absolute atomic E-state index is 11.7. The number of nitrogens with two attached hydrogens (primary N) is 1. The molecule has 82 valence electrons. The Hall–Kier alpha value is -0.420. The molecule has 1 rings (SSSR count). The molecule has 0 aromatic heterocycles. The fraction of sp³-hybridized carbons (Fsp3) is 0.889. The summed E-state index contributed by atoms with van der Waals surface area (Å²) in [6.45, 7) is 6.10. The van der Waals surface area contributed by atoms with Crippen LogP contribution in [0, 0.1) is 0 Å². The highest BCUT2D eigenvalue weighted by molar-refractivity contribution is 7.85. The van der Waals surface area contributed by atoms with Crippen molar-refractivity contribution in [3.63, 3.8) is 0 Å². The third kappa shape index (κ3) is 2.15. The van der Waals surface area contributed by atoms with Crippen LogP contribution in [0.4, 0.5) is 0 Å². The molecule has 1 heterocycles. The van der Waals surface area contributed by atoms with Gasteiger partial charge in [-0.15, -0.1) is 0 Å². The Balaban J connectivity index is 2.73. The van der Waals surface area contributed by atoms with Gasteiger partial charge in [0.25, 0.3) is 0 Å². The summed E-state index contributed by atoms with van der Waals surface area (Å²) >= 11 is 0. The number of hydrogen-bond acceptors (Lipinski definition) is 3. The molecule has 0 aromatic rings. The first-order valence-electron chi connectivity index (χ1n) is 4.88. The lowest BCUT2D eigenvalue weighted by Crippen LogP contribution is -2.55. The van der Waals surface area contributed by atoms with E-state index in [1.807, 2.05) is 13.8 Å². The van der Waals surface area contributed by atoms with Crippen LogP contribution >= 0.6 is 0 Å². The van der Waals surface area contributed by atoms with E-state index in [1.54, 1.807) is 11.8 Å². The molecule has 2 N–H and O–H groups in total. The van der Waals surface area contributed by atoms with Crippen LogP contribution in [0.5, 0.6) is 0 Å². The van der Waals surface area contributed by atoms with Crippen LogP contribution in [0.25, 0.3) is 0 Å². The fourth-order valence-electron chi connectivity index (χ4n) is 1.62. The van der Waals surface area contributed by atoms with Gasteiger partial charge in [-0.05, 0) is 20.8 Å². The van der Waals surface area contributed by atoms with Gasteiger partial charge in [-0.3, -0.25) is 9.00 Å². The summed E-state index contributed by atoms with van der Waals surface area (Å²) in [7, 11) is -0.800. The molecule has 0 radical (unpaired) electrons. The Bertz CT molecular complexity index is 255. The normalized spacial score (nSPS) is 35.4. The molecule has 0 aliphatic carbocycles. The van der Waals surface area contributed by atoms with E-state index < -0.39 is 16.8 Å². The Morgan fingerprint density at radius 2 is 2.14 bits per heavy atom. The van der Waals surface area contributed by atoms with Crippen LogP contribution in [-0.2, 0) is 15.6 Å². The van der Waals surface area contributed by atoms with Crippen LogP contribution in [0.2, 0.25) is 0 Å². The van der Waals surface area contributed by atoms with Gasteiger partial charge in [-0.25, -0.2) is 0 Å². The van der Waals surface area contributed by atoms with E-state index >= 15 is 0 Å². The van der Waals surface area contributed by atoms with Crippen molar-refractivity contribution < 1.29 is 9.00 Å². The number of carbonyl (C=O) groups is 1. The van der Waals surface area contributed by atoms with Crippen molar-refractivity contribution in [3.05, 3.63) is 0 Å². The number of nitrogens with zero attached hydrogens (tertiary/aromatic N) is 1. The molecule has 0 aromatic carbocycles. The van der Waals surface area contributed by atoms with Crippen molar-refractivity contribution in [2.45, 2.75) is 38.1 Å². The van der Waals surface area contributed by atoms with E-state index in [1.165, 1.54) is 0 Å². The van der Waals surface area contributed by atoms with Crippen LogP contribution in [0.1, 0.15) is 20.8 Å². The summed E-state index contributed by atoms with van der Waals surface area (Å²) in [5, 5.41) is 0.0476. The number of rotatable bonds is 1. The molecule has 4 nitrogen and oxygen atoms in total. The van der Waals surface area contributed by atoms with E-state index in [4.69, 9.17) is 5.73 Å². The first-order valence-corrected chi connectivity index (χ1v) is 6.26. The zero-order valence-electron chi connectivity index (χ0n) is 8.90. The summed E-state index contributed by atoms with van der Waals surface area (Å²) in [4.78, 5) is 13.4. The second-order valence-electron chi connectivity index (χ2n) is 3.85. The van der Waals surface area contributed by atoms with Gasteiger partial charge in [-0.2, -0.15) is 0 Å². The summed E-state index contributed by atoms with van der Waals surface area (Å²) in [6, 6.07) is -0.431. The van der Waals surface area contributed by atoms with Crippen molar-refractivity contribution in [3.8, 4) is 0 Å². The van der Waals surface area contributed by atoms with E-state index in [0.29, 0.717) is 12.3 Å². The lowest BCUT2D eigenvalue weighted by molar-refractivity contribution is -0.134. The van der Waals surface area contributed by atoms with E-state index in [2.05, 4.69) is 0 Å². The molecular weight excluding hydrogens is 200 g/mol. The molecule has 0 spiro atoms. The highest BCUT2D eigenvalue weighted by atomic mass is 32.2. The zero-order valence-corrected chi connectivity index (χ0v) is 9.71. The molecule has 0 saturated carbocycles. The lowest BCUT2D eigenvalue weighted by Gasteiger charge is -2.38. The third-order valence-corrected chi connectivity index (χ3v) is 4.60. The average molecular weight is 218 g/mol. The predicted octanol–water partition coefficient (Wildman–Crippen LogP) is -0.298. The van der Waals surface area contributed by atoms with Gasteiger partial charge < -0.3 is 10.6 Å². The molecule has 5 heteroatoms. The van der Waals surface area contributed by atoms with Gasteiger partial charge in [0, 0.05) is 29.1 Å². The van der Waals surface area contributed by atoms with Gasteiger partial charge in [0.1, 0.15) is 0 Å². The molecule has 3 unspecified atom stereocenters. The molecule has 14 heavy (non-hydrogen) atoms. The number of carbonyl (C=O) groups excluding carboxylic acids is 1. The molecular formula is C9H18N2O2S. The average Bonchev–Trinajstić information content (AvgIpc) is 2.13. The predicted molar refractivity (Wildman–Crippen MR) is 57.3 cm³/mol. The van der Waals surface area contributed by atoms with Crippen molar-refractivity contribution in [2.75, 3.05) is 12.3 Å². The topological polar surface area (TPSA) is 63.4 Å². The molecule has 1 amide bonds. The van der Waals surface area contributed by atoms with Gasteiger partial charge >= 0.3 is 0 Å². The molecule has 1 saturated heterocycles. The monoisotopic (exact) mass is 218 g/mol. The minimum atomic E-state index is -0.800. The molecule has 4 atom stereocenters. The standard InChI is InChI=1S/C9H18N2O2S/c1-6(10)9(12)11-4-5-14(13)8(3)7(11)2/h6-8H,4-5,10H2,1-3H3/t6-,7?,8?,14?/m0/s1. The molecule has 1 fully saturated rings. The second-order valence-corrected chi connectivity index (χ2v) is 5.76. The summed E-state index contributed by atoms with van der Waals surface area (Å²) in [6.07, 6.45) is 0. The maximum atomic E-state index is 11.7. The van der Waals surface area contributed by atoms with Crippen LogP contribution in [-0.4, -0.2) is 44.6 Å². The molecule has 1 aliphatic rings. The SMILES string of the molecule is CC1C(C)S(=O)CCN1C(=O)[C@H](C)N. The number of hydrogen-bond donors (Lipinski definition) is 1. The maximum Gasteiger partial charge on any atom is 0.239 e. The Kier molecular flexibility index (Phi) is 3.66. The van der Waals surface area contributed by atoms with Crippen LogP contribution in [0.3, 0.4) is 0 Å². The van der Waals surface area contributed by atoms with Crippen molar-refractivity contribution in [2.24, 2.45) is 5.73 Å². The molecule has 0 bridgehead atoms. The minimum absolute atomic E-state index is 0.0306. The van der Waals surface area contributed by atoms with Crippen molar-refractivity contribution >= 4 is 16.7 Å². The van der Waals surface area contributed by atoms with Gasteiger partial charge in [-0.1, -0.05) is 0 Å². The quantitative estimate of drug-likeness (QED) is 0.657. The third-order valence-electron chi connectivity index (χ3n) is 2.79. The fourth-order valence-corrected chi connectivity index (χ4v) is 2.96. The number of amides is 1. The van der Waals surface area contributed by atoms with Gasteiger partial charge in [0.15, 0.2) is 0 Å². The van der Waals surface area contributed by atoms with Crippen molar-refractivity contribution in [1.29, 1.82) is 0 Å². The summed E-state index contributed by atoms with van der Waals surface area (Å²) in [5.41, 5.74) is 5.54. The molecule has 1 aliphatic heterocycles. The smallest absolute Gasteiger partial charge is 0.239 e. The van der Waals surface area contributed by atoms with Crippen molar-refractivity contribution in [1.82, 2.24) is 4.90 Å². The summed E-state index contributed by atoms with van der Waals surface area (Å²) < 4.78 is 11.5. The van der Waals surface area contributed by atoms with Crippen LogP contribution in [0.15, 0.2) is 0 Å². The van der Waals surface area contributed by atoms with Gasteiger partial charge in [0.2, 0.25) is 5.91 Å². The summed E-state index contributed by atoms with van der Waals surface area (Å²) in [5.74, 6) is 0.533. The first kappa shape index (κ1) is 11.7. The van der Waals surface area contributed by atoms with Crippen LogP contribution < -0.4 is 5.73 Å². The largest absolute Gasteiger partial charge is 0.337 e.